The summed E-state index contributed by atoms with van der Waals surface area (Å²) < 4.78 is 38.8. The van der Waals surface area contributed by atoms with Gasteiger partial charge in [-0.15, -0.1) is 0 Å². The molecule has 0 atom stereocenters. The number of hydrogen-bond donors (Lipinski definition) is 1. The van der Waals surface area contributed by atoms with Gasteiger partial charge < -0.3 is 0 Å². The van der Waals surface area contributed by atoms with Crippen LogP contribution in [0, 0.1) is 13.7 Å². The van der Waals surface area contributed by atoms with Gasteiger partial charge in [-0.2, -0.15) is 18.3 Å². The lowest BCUT2D eigenvalue weighted by molar-refractivity contribution is -0.384. The van der Waals surface area contributed by atoms with Crippen molar-refractivity contribution >= 4 is 40.2 Å². The summed E-state index contributed by atoms with van der Waals surface area (Å²) in [6, 6.07) is 9.48. The molecule has 120 valence electrons. The lowest BCUT2D eigenvalue weighted by Crippen LogP contribution is -2.06. The van der Waals surface area contributed by atoms with Crippen molar-refractivity contribution in [3.8, 4) is 0 Å². The van der Waals surface area contributed by atoms with E-state index in [-0.39, 0.29) is 5.69 Å². The summed E-state index contributed by atoms with van der Waals surface area (Å²) in [7, 11) is 0. The van der Waals surface area contributed by atoms with Gasteiger partial charge in [0.25, 0.3) is 5.69 Å². The van der Waals surface area contributed by atoms with Crippen molar-refractivity contribution in [3.63, 3.8) is 0 Å². The van der Waals surface area contributed by atoms with Gasteiger partial charge in [0.2, 0.25) is 0 Å². The Bertz CT molecular complexity index is 746. The molecule has 0 spiro atoms. The predicted octanol–water partition coefficient (Wildman–Crippen LogP) is 4.66. The topological polar surface area (TPSA) is 67.5 Å². The summed E-state index contributed by atoms with van der Waals surface area (Å²) >= 11 is 2.14. The molecule has 1 N–H and O–H groups in total. The van der Waals surface area contributed by atoms with Gasteiger partial charge in [0.05, 0.1) is 16.7 Å². The number of rotatable bonds is 4. The minimum atomic E-state index is -4.65. The molecule has 0 unspecified atom stereocenters. The van der Waals surface area contributed by atoms with Crippen LogP contribution in [0.3, 0.4) is 0 Å². The number of anilines is 1. The van der Waals surface area contributed by atoms with Crippen LogP contribution in [0.15, 0.2) is 47.6 Å². The molecule has 2 aromatic carbocycles. The Balaban J connectivity index is 2.22. The van der Waals surface area contributed by atoms with Crippen molar-refractivity contribution in [2.45, 2.75) is 6.18 Å². The number of hydrogen-bond acceptors (Lipinski definition) is 4. The largest absolute Gasteiger partial charge is 0.416 e. The molecule has 0 fully saturated rings. The summed E-state index contributed by atoms with van der Waals surface area (Å²) in [4.78, 5) is 10.0. The van der Waals surface area contributed by atoms with Gasteiger partial charge in [0, 0.05) is 9.64 Å². The number of nitrogens with one attached hydrogen (secondary N) is 1. The molecular formula is C14H9F3IN3O2. The Kier molecular flexibility index (Phi) is 5.19. The van der Waals surface area contributed by atoms with Crippen LogP contribution in [-0.4, -0.2) is 11.1 Å². The summed E-state index contributed by atoms with van der Waals surface area (Å²) in [6.45, 7) is 0. The summed E-state index contributed by atoms with van der Waals surface area (Å²) in [5.41, 5.74) is 1.24. The normalized spacial score (nSPS) is 11.7. The average molecular weight is 435 g/mol. The summed E-state index contributed by atoms with van der Waals surface area (Å²) in [6.07, 6.45) is -3.23. The standard InChI is InChI=1S/C14H9F3IN3O2/c15-14(16,17)10-3-6-12(13(7-10)21(22)23)20-19-8-9-1-4-11(18)5-2-9/h1-8,20H/b19-8-. The number of nitro groups is 1. The van der Waals surface area contributed by atoms with Crippen LogP contribution in [0.1, 0.15) is 11.1 Å². The molecule has 0 aliphatic rings. The third-order valence-electron chi connectivity index (χ3n) is 2.79. The molecule has 0 aromatic heterocycles. The van der Waals surface area contributed by atoms with E-state index in [0.29, 0.717) is 6.07 Å². The molecule has 0 radical (unpaired) electrons. The third-order valence-corrected chi connectivity index (χ3v) is 3.51. The molecule has 0 heterocycles. The van der Waals surface area contributed by atoms with Crippen LogP contribution in [-0.2, 0) is 6.18 Å². The SMILES string of the molecule is O=[N+]([O-])c1cc(C(F)(F)F)ccc1N/N=C\c1ccc(I)cc1. The van der Waals surface area contributed by atoms with Crippen LogP contribution in [0.4, 0.5) is 24.5 Å². The molecule has 0 aliphatic carbocycles. The fraction of sp³-hybridized carbons (Fsp3) is 0.0714. The molecule has 0 bridgehead atoms. The van der Waals surface area contributed by atoms with Crippen molar-refractivity contribution in [1.29, 1.82) is 0 Å². The number of hydrazone groups is 1. The van der Waals surface area contributed by atoms with Crippen LogP contribution in [0.25, 0.3) is 0 Å². The average Bonchev–Trinajstić information content (AvgIpc) is 2.48. The smallest absolute Gasteiger partial charge is 0.272 e. The minimum absolute atomic E-state index is 0.121. The summed E-state index contributed by atoms with van der Waals surface area (Å²) in [5, 5.41) is 14.7. The number of benzene rings is 2. The second-order valence-electron chi connectivity index (χ2n) is 4.41. The molecule has 9 heteroatoms. The third kappa shape index (κ3) is 4.65. The highest BCUT2D eigenvalue weighted by molar-refractivity contribution is 14.1. The highest BCUT2D eigenvalue weighted by Gasteiger charge is 2.33. The van der Waals surface area contributed by atoms with E-state index in [2.05, 4.69) is 33.1 Å². The van der Waals surface area contributed by atoms with Gasteiger partial charge in [-0.25, -0.2) is 0 Å². The molecule has 2 rings (SSSR count). The fourth-order valence-electron chi connectivity index (χ4n) is 1.68. The van der Waals surface area contributed by atoms with Crippen LogP contribution in [0.2, 0.25) is 0 Å². The Hall–Kier alpha value is -2.17. The van der Waals surface area contributed by atoms with Gasteiger partial charge in [0.1, 0.15) is 5.69 Å². The van der Waals surface area contributed by atoms with E-state index in [1.165, 1.54) is 6.21 Å². The Morgan fingerprint density at radius 1 is 1.17 bits per heavy atom. The maximum absolute atomic E-state index is 12.6. The van der Waals surface area contributed by atoms with E-state index in [1.54, 1.807) is 12.1 Å². The molecule has 23 heavy (non-hydrogen) atoms. The first kappa shape index (κ1) is 17.2. The van der Waals surface area contributed by atoms with E-state index in [0.717, 1.165) is 21.3 Å². The molecule has 2 aromatic rings. The number of nitrogens with zero attached hydrogens (tertiary/aromatic N) is 2. The van der Waals surface area contributed by atoms with E-state index in [1.807, 2.05) is 12.1 Å². The zero-order valence-electron chi connectivity index (χ0n) is 11.3. The van der Waals surface area contributed by atoms with Gasteiger partial charge in [0.15, 0.2) is 0 Å². The predicted molar refractivity (Wildman–Crippen MR) is 88.5 cm³/mol. The zero-order valence-corrected chi connectivity index (χ0v) is 13.5. The molecule has 0 saturated carbocycles. The molecule has 5 nitrogen and oxygen atoms in total. The summed E-state index contributed by atoms with van der Waals surface area (Å²) in [5.74, 6) is 0. The molecular weight excluding hydrogens is 426 g/mol. The van der Waals surface area contributed by atoms with E-state index in [4.69, 9.17) is 0 Å². The van der Waals surface area contributed by atoms with Crippen LogP contribution in [0.5, 0.6) is 0 Å². The monoisotopic (exact) mass is 435 g/mol. The first-order valence-electron chi connectivity index (χ1n) is 6.17. The lowest BCUT2D eigenvalue weighted by Gasteiger charge is -2.08. The van der Waals surface area contributed by atoms with Crippen molar-refractivity contribution in [3.05, 3.63) is 67.3 Å². The minimum Gasteiger partial charge on any atom is -0.272 e. The first-order chi connectivity index (χ1) is 10.8. The maximum Gasteiger partial charge on any atom is 0.416 e. The first-order valence-corrected chi connectivity index (χ1v) is 7.25. The number of alkyl halides is 3. The second-order valence-corrected chi connectivity index (χ2v) is 5.65. The van der Waals surface area contributed by atoms with Crippen molar-refractivity contribution in [1.82, 2.24) is 0 Å². The van der Waals surface area contributed by atoms with E-state index < -0.39 is 22.4 Å². The quantitative estimate of drug-likeness (QED) is 0.329. The zero-order chi connectivity index (χ0) is 17.0. The fourth-order valence-corrected chi connectivity index (χ4v) is 2.04. The maximum atomic E-state index is 12.6. The van der Waals surface area contributed by atoms with Gasteiger partial charge in [-0.1, -0.05) is 12.1 Å². The van der Waals surface area contributed by atoms with E-state index in [9.17, 15) is 23.3 Å². The number of nitro benzene ring substituents is 1. The van der Waals surface area contributed by atoms with E-state index >= 15 is 0 Å². The molecule has 0 amide bonds. The van der Waals surface area contributed by atoms with Gasteiger partial charge in [-0.3, -0.25) is 15.5 Å². The second kappa shape index (κ2) is 6.94. The Labute approximate surface area is 142 Å². The highest BCUT2D eigenvalue weighted by atomic mass is 127. The molecule has 0 saturated heterocycles. The van der Waals surface area contributed by atoms with Crippen molar-refractivity contribution in [2.24, 2.45) is 5.10 Å². The van der Waals surface area contributed by atoms with Gasteiger partial charge >= 0.3 is 6.18 Å². The Morgan fingerprint density at radius 2 is 1.83 bits per heavy atom. The Morgan fingerprint density at radius 3 is 2.39 bits per heavy atom. The van der Waals surface area contributed by atoms with Gasteiger partial charge in [-0.05, 0) is 52.4 Å². The lowest BCUT2D eigenvalue weighted by atomic mass is 10.1. The van der Waals surface area contributed by atoms with Crippen molar-refractivity contribution in [2.75, 3.05) is 5.43 Å². The number of halogens is 4. The van der Waals surface area contributed by atoms with Crippen LogP contribution < -0.4 is 5.43 Å². The molecule has 0 aliphatic heterocycles. The highest BCUT2D eigenvalue weighted by Crippen LogP contribution is 2.34. The van der Waals surface area contributed by atoms with Crippen molar-refractivity contribution < 1.29 is 18.1 Å². The van der Waals surface area contributed by atoms with Crippen LogP contribution >= 0.6 is 22.6 Å².